The quantitative estimate of drug-likeness (QED) is 0.659. The van der Waals surface area contributed by atoms with Crippen LogP contribution in [0.4, 0.5) is 5.69 Å². The minimum absolute atomic E-state index is 0.0288. The molecule has 32 heavy (non-hydrogen) atoms. The summed E-state index contributed by atoms with van der Waals surface area (Å²) in [7, 11) is 4.35. The molecule has 5 rings (SSSR count). The number of anilines is 1. The summed E-state index contributed by atoms with van der Waals surface area (Å²) in [5, 5.41) is 14.3. The van der Waals surface area contributed by atoms with Gasteiger partial charge in [-0.3, -0.25) is 15.2 Å². The Balaban J connectivity index is 1.32. The van der Waals surface area contributed by atoms with Gasteiger partial charge in [-0.1, -0.05) is 30.3 Å². The first-order chi connectivity index (χ1) is 15.5. The maximum absolute atomic E-state index is 10.8. The number of hydrogen-bond acceptors (Lipinski definition) is 7. The molecule has 1 unspecified atom stereocenters. The molecule has 1 atom stereocenters. The zero-order valence-electron chi connectivity index (χ0n) is 18.6. The Morgan fingerprint density at radius 3 is 2.31 bits per heavy atom. The van der Waals surface area contributed by atoms with Crippen molar-refractivity contribution in [3.63, 3.8) is 0 Å². The Morgan fingerprint density at radius 1 is 0.969 bits per heavy atom. The molecular formula is C25H30N6O. The minimum atomic E-state index is -0.744. The lowest BCUT2D eigenvalue weighted by Gasteiger charge is -2.49. The van der Waals surface area contributed by atoms with Gasteiger partial charge in [0.05, 0.1) is 18.1 Å². The third kappa shape index (κ3) is 3.66. The van der Waals surface area contributed by atoms with Crippen molar-refractivity contribution in [2.75, 3.05) is 25.5 Å². The number of benzene rings is 1. The lowest BCUT2D eigenvalue weighted by atomic mass is 9.69. The van der Waals surface area contributed by atoms with Crippen LogP contribution in [0.15, 0.2) is 67.3 Å². The number of aromatic nitrogens is 3. The fourth-order valence-corrected chi connectivity index (χ4v) is 5.34. The Kier molecular flexibility index (Phi) is 5.41. The van der Waals surface area contributed by atoms with Gasteiger partial charge in [0.2, 0.25) is 0 Å². The smallest absolute Gasteiger partial charge is 0.184 e. The first-order valence-electron chi connectivity index (χ1n) is 11.2. The second-order valence-electron chi connectivity index (χ2n) is 9.22. The van der Waals surface area contributed by atoms with Crippen LogP contribution in [0.5, 0.6) is 0 Å². The van der Waals surface area contributed by atoms with Crippen LogP contribution in [0, 0.1) is 0 Å². The van der Waals surface area contributed by atoms with Gasteiger partial charge in [0, 0.05) is 35.6 Å². The summed E-state index contributed by atoms with van der Waals surface area (Å²) in [5.74, 6) is 0.634. The van der Waals surface area contributed by atoms with Crippen molar-refractivity contribution in [3.8, 4) is 11.4 Å². The van der Waals surface area contributed by atoms with E-state index in [2.05, 4.69) is 69.6 Å². The van der Waals surface area contributed by atoms with E-state index in [1.54, 1.807) is 24.8 Å². The van der Waals surface area contributed by atoms with Crippen molar-refractivity contribution in [2.24, 2.45) is 0 Å². The fraction of sp³-hybridized carbons (Fsp3) is 0.400. The monoisotopic (exact) mass is 430 g/mol. The van der Waals surface area contributed by atoms with Crippen LogP contribution in [-0.4, -0.2) is 57.5 Å². The highest BCUT2D eigenvalue weighted by atomic mass is 16.3. The predicted octanol–water partition coefficient (Wildman–Crippen LogP) is 2.99. The SMILES string of the molecule is CN(C)[C@]1(c2ccccc2)CC[C@]2(CC1)CN(c1cnc(-c3cccnc3)nc1)C(O)N2. The molecule has 1 aliphatic carbocycles. The average Bonchev–Trinajstić information content (AvgIpc) is 3.16. The average molecular weight is 431 g/mol. The van der Waals surface area contributed by atoms with Crippen molar-refractivity contribution in [2.45, 2.75) is 43.1 Å². The molecular weight excluding hydrogens is 400 g/mol. The third-order valence-corrected chi connectivity index (χ3v) is 7.29. The van der Waals surface area contributed by atoms with Crippen LogP contribution in [0.3, 0.4) is 0 Å². The third-order valence-electron chi connectivity index (χ3n) is 7.29. The van der Waals surface area contributed by atoms with E-state index >= 15 is 0 Å². The maximum Gasteiger partial charge on any atom is 0.184 e. The Morgan fingerprint density at radius 2 is 1.69 bits per heavy atom. The molecule has 3 aromatic rings. The van der Waals surface area contributed by atoms with E-state index < -0.39 is 6.35 Å². The van der Waals surface area contributed by atoms with Gasteiger partial charge in [0.1, 0.15) is 0 Å². The van der Waals surface area contributed by atoms with Crippen LogP contribution in [0.1, 0.15) is 31.2 Å². The molecule has 1 aromatic carbocycles. The molecule has 1 saturated carbocycles. The molecule has 2 aliphatic rings. The second kappa shape index (κ2) is 8.24. The standard InChI is InChI=1S/C25H30N6O/c1-30(2)25(20-8-4-3-5-9-20)12-10-24(11-13-25)18-31(23(32)29-24)21-16-27-22(28-17-21)19-7-6-14-26-15-19/h3-9,14-17,23,29,32H,10-13,18H2,1-2H3/t23?,24-,25+. The minimum Gasteiger partial charge on any atom is -0.361 e. The van der Waals surface area contributed by atoms with Crippen molar-refractivity contribution < 1.29 is 5.11 Å². The van der Waals surface area contributed by atoms with E-state index in [1.165, 1.54) is 5.56 Å². The summed E-state index contributed by atoms with van der Waals surface area (Å²) in [5.41, 5.74) is 2.98. The van der Waals surface area contributed by atoms with E-state index in [9.17, 15) is 5.11 Å². The zero-order chi connectivity index (χ0) is 22.2. The van der Waals surface area contributed by atoms with Gasteiger partial charge in [-0.05, 0) is 57.5 Å². The second-order valence-corrected chi connectivity index (χ2v) is 9.22. The van der Waals surface area contributed by atoms with E-state index in [0.717, 1.165) is 43.5 Å². The molecule has 2 fully saturated rings. The van der Waals surface area contributed by atoms with Crippen molar-refractivity contribution in [1.82, 2.24) is 25.2 Å². The molecule has 1 spiro atoms. The first-order valence-corrected chi connectivity index (χ1v) is 11.2. The molecule has 166 valence electrons. The molecule has 0 radical (unpaired) electrons. The van der Waals surface area contributed by atoms with E-state index in [1.807, 2.05) is 17.0 Å². The van der Waals surface area contributed by atoms with Gasteiger partial charge < -0.3 is 10.0 Å². The summed E-state index contributed by atoms with van der Waals surface area (Å²) in [4.78, 5) is 17.5. The first kappa shape index (κ1) is 21.0. The highest BCUT2D eigenvalue weighted by molar-refractivity contribution is 5.55. The number of rotatable bonds is 4. The van der Waals surface area contributed by atoms with E-state index in [4.69, 9.17) is 0 Å². The molecule has 0 amide bonds. The van der Waals surface area contributed by atoms with Crippen LogP contribution in [0.25, 0.3) is 11.4 Å². The summed E-state index contributed by atoms with van der Waals surface area (Å²) in [6, 6.07) is 14.6. The number of nitrogens with zero attached hydrogens (tertiary/aromatic N) is 5. The largest absolute Gasteiger partial charge is 0.361 e. The molecule has 1 saturated heterocycles. The topological polar surface area (TPSA) is 77.4 Å². The molecule has 0 bridgehead atoms. The van der Waals surface area contributed by atoms with Crippen molar-refractivity contribution >= 4 is 5.69 Å². The highest BCUT2D eigenvalue weighted by Gasteiger charge is 2.50. The molecule has 2 aromatic heterocycles. The fourth-order valence-electron chi connectivity index (χ4n) is 5.34. The summed E-state index contributed by atoms with van der Waals surface area (Å²) < 4.78 is 0. The Bertz CT molecular complexity index is 1030. The lowest BCUT2D eigenvalue weighted by Crippen LogP contribution is -2.54. The van der Waals surface area contributed by atoms with Crippen LogP contribution in [0.2, 0.25) is 0 Å². The highest BCUT2D eigenvalue weighted by Crippen LogP contribution is 2.46. The summed E-state index contributed by atoms with van der Waals surface area (Å²) >= 11 is 0. The van der Waals surface area contributed by atoms with Crippen LogP contribution >= 0.6 is 0 Å². The summed E-state index contributed by atoms with van der Waals surface area (Å²) in [6.07, 6.45) is 10.4. The van der Waals surface area contributed by atoms with Gasteiger partial charge in [0.15, 0.2) is 12.2 Å². The van der Waals surface area contributed by atoms with Gasteiger partial charge in [-0.15, -0.1) is 0 Å². The number of nitrogens with one attached hydrogen (secondary N) is 1. The molecule has 7 heteroatoms. The lowest BCUT2D eigenvalue weighted by molar-refractivity contribution is 0.0513. The molecule has 7 nitrogen and oxygen atoms in total. The molecule has 2 N–H and O–H groups in total. The van der Waals surface area contributed by atoms with Crippen LogP contribution in [-0.2, 0) is 5.54 Å². The van der Waals surface area contributed by atoms with Gasteiger partial charge in [-0.2, -0.15) is 0 Å². The Labute approximate surface area is 189 Å². The number of aliphatic hydroxyl groups is 1. The van der Waals surface area contributed by atoms with Crippen molar-refractivity contribution in [1.29, 1.82) is 0 Å². The number of aliphatic hydroxyl groups excluding tert-OH is 1. The van der Waals surface area contributed by atoms with Crippen LogP contribution < -0.4 is 10.2 Å². The summed E-state index contributed by atoms with van der Waals surface area (Å²) in [6.45, 7) is 0.738. The normalized spacial score (nSPS) is 27.9. The van der Waals surface area contributed by atoms with Crippen molar-refractivity contribution in [3.05, 3.63) is 72.8 Å². The van der Waals surface area contributed by atoms with Gasteiger partial charge >= 0.3 is 0 Å². The maximum atomic E-state index is 10.8. The number of pyridine rings is 1. The van der Waals surface area contributed by atoms with E-state index in [-0.39, 0.29) is 11.1 Å². The van der Waals surface area contributed by atoms with Gasteiger partial charge in [0.25, 0.3) is 0 Å². The Hall–Kier alpha value is -2.87. The molecule has 3 heterocycles. The number of hydrogen-bond donors (Lipinski definition) is 2. The zero-order valence-corrected chi connectivity index (χ0v) is 18.6. The molecule has 1 aliphatic heterocycles. The predicted molar refractivity (Wildman–Crippen MR) is 125 cm³/mol. The van der Waals surface area contributed by atoms with Gasteiger partial charge in [-0.25, -0.2) is 9.97 Å². The van der Waals surface area contributed by atoms with E-state index in [0.29, 0.717) is 5.82 Å².